The molecule has 0 aromatic carbocycles. The number of hydrogen-bond donors (Lipinski definition) is 1. The molecule has 1 unspecified atom stereocenters. The highest BCUT2D eigenvalue weighted by Crippen LogP contribution is 2.30. The molecule has 1 saturated carbocycles. The van der Waals surface area contributed by atoms with Gasteiger partial charge in [0.25, 0.3) is 0 Å². The zero-order chi connectivity index (χ0) is 14.0. The van der Waals surface area contributed by atoms with Crippen LogP contribution in [0.3, 0.4) is 0 Å². The molecule has 1 aliphatic carbocycles. The van der Waals surface area contributed by atoms with Gasteiger partial charge in [-0.2, -0.15) is 4.91 Å². The van der Waals surface area contributed by atoms with Crippen LogP contribution in [0.15, 0.2) is 5.18 Å². The lowest BCUT2D eigenvalue weighted by molar-refractivity contribution is 0.000673. The molecule has 18 heavy (non-hydrogen) atoms. The summed E-state index contributed by atoms with van der Waals surface area (Å²) < 4.78 is 0. The van der Waals surface area contributed by atoms with Crippen LogP contribution in [0.1, 0.15) is 72.6 Å². The molecular formula is C15H31NO2. The lowest BCUT2D eigenvalue weighted by atomic mass is 9.83. The van der Waals surface area contributed by atoms with Crippen LogP contribution in [-0.4, -0.2) is 17.3 Å². The van der Waals surface area contributed by atoms with Crippen molar-refractivity contribution in [2.45, 2.75) is 78.2 Å². The van der Waals surface area contributed by atoms with Crippen molar-refractivity contribution in [3.05, 3.63) is 4.91 Å². The lowest BCUT2D eigenvalue weighted by Crippen LogP contribution is -2.29. The standard InChI is InChI=1S/C8H16O.C7H15NO/c1-2-8(9)6-4-3-5-7-8;1-6(2)4-7(3)5-8-9/h9H,2-7H2,1H3;6-7H,4-5H2,1-3H3. The van der Waals surface area contributed by atoms with E-state index in [1.54, 1.807) is 0 Å². The van der Waals surface area contributed by atoms with E-state index in [1.165, 1.54) is 19.3 Å². The minimum Gasteiger partial charge on any atom is -0.390 e. The molecule has 1 fully saturated rings. The fourth-order valence-corrected chi connectivity index (χ4v) is 2.57. The second kappa shape index (κ2) is 9.48. The number of rotatable bonds is 5. The summed E-state index contributed by atoms with van der Waals surface area (Å²) in [5.41, 5.74) is -0.280. The summed E-state index contributed by atoms with van der Waals surface area (Å²) in [6, 6.07) is 0. The second-order valence-electron chi connectivity index (χ2n) is 6.18. The molecule has 0 bridgehead atoms. The van der Waals surface area contributed by atoms with Crippen molar-refractivity contribution in [2.75, 3.05) is 6.54 Å². The van der Waals surface area contributed by atoms with E-state index in [0.717, 1.165) is 25.7 Å². The summed E-state index contributed by atoms with van der Waals surface area (Å²) in [6.45, 7) is 8.91. The minimum absolute atomic E-state index is 0.280. The molecule has 1 N–H and O–H groups in total. The molecule has 3 nitrogen and oxygen atoms in total. The first-order valence-corrected chi connectivity index (χ1v) is 7.45. The van der Waals surface area contributed by atoms with Gasteiger partial charge in [0.2, 0.25) is 0 Å². The van der Waals surface area contributed by atoms with Crippen molar-refractivity contribution in [1.29, 1.82) is 0 Å². The lowest BCUT2D eigenvalue weighted by Gasteiger charge is -2.30. The summed E-state index contributed by atoms with van der Waals surface area (Å²) in [5.74, 6) is 1.14. The van der Waals surface area contributed by atoms with Gasteiger partial charge in [-0.3, -0.25) is 0 Å². The summed E-state index contributed by atoms with van der Waals surface area (Å²) in [5, 5.41) is 12.5. The Hall–Kier alpha value is -0.440. The van der Waals surface area contributed by atoms with Gasteiger partial charge >= 0.3 is 0 Å². The largest absolute Gasteiger partial charge is 0.390 e. The Balaban J connectivity index is 0.000000321. The maximum Gasteiger partial charge on any atom is 0.0836 e. The molecule has 0 saturated heterocycles. The maximum absolute atomic E-state index is 9.75. The first kappa shape index (κ1) is 17.6. The molecule has 3 heteroatoms. The summed E-state index contributed by atoms with van der Waals surface area (Å²) in [7, 11) is 0. The predicted octanol–water partition coefficient (Wildman–Crippen LogP) is 4.53. The smallest absolute Gasteiger partial charge is 0.0836 e. The van der Waals surface area contributed by atoms with Crippen LogP contribution in [0, 0.1) is 16.7 Å². The van der Waals surface area contributed by atoms with Gasteiger partial charge in [-0.15, -0.1) is 0 Å². The third kappa shape index (κ3) is 8.62. The monoisotopic (exact) mass is 257 g/mol. The average Bonchev–Trinajstić information content (AvgIpc) is 2.30. The van der Waals surface area contributed by atoms with Gasteiger partial charge in [0.05, 0.1) is 12.1 Å². The van der Waals surface area contributed by atoms with E-state index in [-0.39, 0.29) is 5.60 Å². The van der Waals surface area contributed by atoms with Crippen LogP contribution in [0.2, 0.25) is 0 Å². The third-order valence-corrected chi connectivity index (χ3v) is 3.70. The van der Waals surface area contributed by atoms with Gasteiger partial charge in [0.15, 0.2) is 0 Å². The van der Waals surface area contributed by atoms with Crippen LogP contribution >= 0.6 is 0 Å². The van der Waals surface area contributed by atoms with Gasteiger partial charge in [-0.25, -0.2) is 0 Å². The Kier molecular flexibility index (Phi) is 9.25. The van der Waals surface area contributed by atoms with Crippen LogP contribution in [0.25, 0.3) is 0 Å². The summed E-state index contributed by atoms with van der Waals surface area (Å²) in [6.07, 6.45) is 7.88. The molecule has 0 spiro atoms. The summed E-state index contributed by atoms with van der Waals surface area (Å²) >= 11 is 0. The van der Waals surface area contributed by atoms with Crippen molar-refractivity contribution in [2.24, 2.45) is 17.0 Å². The van der Waals surface area contributed by atoms with Gasteiger partial charge in [0, 0.05) is 0 Å². The quantitative estimate of drug-likeness (QED) is 0.736. The molecule has 0 heterocycles. The van der Waals surface area contributed by atoms with Crippen LogP contribution in [0.4, 0.5) is 0 Å². The normalized spacial score (nSPS) is 19.9. The first-order valence-electron chi connectivity index (χ1n) is 7.45. The van der Waals surface area contributed by atoms with Crippen LogP contribution < -0.4 is 0 Å². The Morgan fingerprint density at radius 3 is 2.06 bits per heavy atom. The second-order valence-corrected chi connectivity index (χ2v) is 6.18. The molecule has 0 aromatic rings. The first-order chi connectivity index (χ1) is 8.43. The topological polar surface area (TPSA) is 49.7 Å². The van der Waals surface area contributed by atoms with Crippen molar-refractivity contribution < 1.29 is 5.11 Å². The Morgan fingerprint density at radius 2 is 1.72 bits per heavy atom. The highest BCUT2D eigenvalue weighted by Gasteiger charge is 2.26. The molecule has 0 aromatic heterocycles. The van der Waals surface area contributed by atoms with Crippen molar-refractivity contribution in [1.82, 2.24) is 0 Å². The van der Waals surface area contributed by atoms with Crippen LogP contribution in [0.5, 0.6) is 0 Å². The third-order valence-electron chi connectivity index (χ3n) is 3.70. The molecule has 1 atom stereocenters. The van der Waals surface area contributed by atoms with Crippen molar-refractivity contribution >= 4 is 0 Å². The van der Waals surface area contributed by atoms with Gasteiger partial charge < -0.3 is 5.11 Å². The highest BCUT2D eigenvalue weighted by atomic mass is 16.3. The van der Waals surface area contributed by atoms with E-state index < -0.39 is 0 Å². The highest BCUT2D eigenvalue weighted by molar-refractivity contribution is 4.79. The average molecular weight is 257 g/mol. The number of hydrogen-bond acceptors (Lipinski definition) is 3. The Bertz CT molecular complexity index is 211. The van der Waals surface area contributed by atoms with Gasteiger partial charge in [-0.1, -0.05) is 52.1 Å². The predicted molar refractivity (Wildman–Crippen MR) is 77.6 cm³/mol. The van der Waals surface area contributed by atoms with E-state index >= 15 is 0 Å². The minimum atomic E-state index is -0.280. The molecule has 1 aliphatic rings. The van der Waals surface area contributed by atoms with E-state index in [4.69, 9.17) is 0 Å². The Labute approximate surface area is 112 Å². The van der Waals surface area contributed by atoms with E-state index in [9.17, 15) is 10.0 Å². The zero-order valence-electron chi connectivity index (χ0n) is 12.6. The van der Waals surface area contributed by atoms with Crippen molar-refractivity contribution in [3.8, 4) is 0 Å². The van der Waals surface area contributed by atoms with E-state index in [0.29, 0.717) is 18.4 Å². The molecule has 1 rings (SSSR count). The van der Waals surface area contributed by atoms with Gasteiger partial charge in [0.1, 0.15) is 0 Å². The number of nitroso groups, excluding NO2 is 1. The number of aliphatic hydroxyl groups is 1. The van der Waals surface area contributed by atoms with Crippen LogP contribution in [-0.2, 0) is 0 Å². The summed E-state index contributed by atoms with van der Waals surface area (Å²) in [4.78, 5) is 9.75. The molecule has 0 radical (unpaired) electrons. The molecule has 0 aliphatic heterocycles. The molecular weight excluding hydrogens is 226 g/mol. The van der Waals surface area contributed by atoms with Crippen molar-refractivity contribution in [3.63, 3.8) is 0 Å². The zero-order valence-corrected chi connectivity index (χ0v) is 12.6. The molecule has 108 valence electrons. The molecule has 0 amide bonds. The van der Waals surface area contributed by atoms with E-state index in [1.807, 2.05) is 0 Å². The number of nitrogens with zero attached hydrogens (tertiary/aromatic N) is 1. The van der Waals surface area contributed by atoms with Gasteiger partial charge in [-0.05, 0) is 37.5 Å². The SMILES string of the molecule is CC(C)CC(C)CN=O.CCC1(O)CCCCC1. The fourth-order valence-electron chi connectivity index (χ4n) is 2.57. The van der Waals surface area contributed by atoms with E-state index in [2.05, 4.69) is 32.9 Å². The fraction of sp³-hybridized carbons (Fsp3) is 1.00. The Morgan fingerprint density at radius 1 is 1.17 bits per heavy atom. The maximum atomic E-state index is 9.75.